The molecule has 1 atom stereocenters. The van der Waals surface area contributed by atoms with Gasteiger partial charge >= 0.3 is 15.5 Å². The van der Waals surface area contributed by atoms with Crippen molar-refractivity contribution in [3.63, 3.8) is 0 Å². The highest BCUT2D eigenvalue weighted by Gasteiger charge is 2.60. The van der Waals surface area contributed by atoms with Gasteiger partial charge in [0, 0.05) is 6.54 Å². The van der Waals surface area contributed by atoms with Crippen molar-refractivity contribution < 1.29 is 25.3 Å². The highest BCUT2D eigenvalue weighted by Crippen LogP contribution is 2.37. The van der Waals surface area contributed by atoms with E-state index in [4.69, 9.17) is 0 Å². The SMILES string of the molecule is CC[N+]1(S(=O)(=O)O)C(S(=O)(=O)C(C)C)=NC2=C1CNC2. The third kappa shape index (κ3) is 1.86. The summed E-state index contributed by atoms with van der Waals surface area (Å²) in [4.78, 5) is 4.01. The Morgan fingerprint density at radius 3 is 2.35 bits per heavy atom. The highest BCUT2D eigenvalue weighted by molar-refractivity contribution is 8.07. The molecule has 2 aliphatic rings. The number of sulfone groups is 1. The van der Waals surface area contributed by atoms with Crippen LogP contribution in [-0.2, 0) is 20.1 Å². The van der Waals surface area contributed by atoms with Gasteiger partial charge in [-0.05, 0) is 20.8 Å². The van der Waals surface area contributed by atoms with Gasteiger partial charge in [0.1, 0.15) is 12.2 Å². The topological polar surface area (TPSA) is 113 Å². The quantitative estimate of drug-likeness (QED) is 0.541. The largest absolute Gasteiger partial charge is 0.444 e. The van der Waals surface area contributed by atoms with Crippen LogP contribution in [0.15, 0.2) is 16.4 Å². The molecular weight excluding hydrogens is 306 g/mol. The first-order valence-electron chi connectivity index (χ1n) is 6.21. The normalized spacial score (nSPS) is 27.1. The summed E-state index contributed by atoms with van der Waals surface area (Å²) in [5, 5.41) is 1.60. The van der Waals surface area contributed by atoms with Crippen LogP contribution in [0, 0.1) is 0 Å². The highest BCUT2D eigenvalue weighted by atomic mass is 32.2. The van der Waals surface area contributed by atoms with Crippen LogP contribution >= 0.6 is 0 Å². The van der Waals surface area contributed by atoms with Crippen molar-refractivity contribution >= 4 is 25.3 Å². The molecule has 2 N–H and O–H groups in total. The molecule has 10 heteroatoms. The Kier molecular flexibility index (Phi) is 3.58. The number of nitrogens with one attached hydrogen (secondary N) is 1. The zero-order chi connectivity index (χ0) is 15.3. The van der Waals surface area contributed by atoms with Gasteiger partial charge in [-0.25, -0.2) is 13.0 Å². The lowest BCUT2D eigenvalue weighted by Gasteiger charge is -2.30. The minimum Gasteiger partial charge on any atom is -0.302 e. The molecule has 1 unspecified atom stereocenters. The molecule has 0 fully saturated rings. The Morgan fingerprint density at radius 1 is 1.30 bits per heavy atom. The molecule has 0 aromatic carbocycles. The number of amidine groups is 1. The summed E-state index contributed by atoms with van der Waals surface area (Å²) in [5.41, 5.74) is 0.665. The van der Waals surface area contributed by atoms with Gasteiger partial charge in [0.25, 0.3) is 9.84 Å². The van der Waals surface area contributed by atoms with Crippen LogP contribution in [0.3, 0.4) is 0 Å². The molecular formula is C10H18N3O5S2+. The van der Waals surface area contributed by atoms with E-state index in [2.05, 4.69) is 10.3 Å². The summed E-state index contributed by atoms with van der Waals surface area (Å²) >= 11 is 0. The van der Waals surface area contributed by atoms with Gasteiger partial charge < -0.3 is 5.32 Å². The second kappa shape index (κ2) is 4.60. The maximum atomic E-state index is 12.4. The van der Waals surface area contributed by atoms with Crippen molar-refractivity contribution in [3.05, 3.63) is 11.4 Å². The molecule has 0 aromatic heterocycles. The fraction of sp³-hybridized carbons (Fsp3) is 0.700. The van der Waals surface area contributed by atoms with Crippen LogP contribution in [0.5, 0.6) is 0 Å². The van der Waals surface area contributed by atoms with Crippen molar-refractivity contribution in [2.24, 2.45) is 4.99 Å². The van der Waals surface area contributed by atoms with Crippen LogP contribution in [0.25, 0.3) is 0 Å². The molecule has 0 aromatic rings. The molecule has 0 saturated heterocycles. The smallest absolute Gasteiger partial charge is 0.302 e. The Hall–Kier alpha value is -0.810. The van der Waals surface area contributed by atoms with E-state index in [1.807, 2.05) is 0 Å². The maximum Gasteiger partial charge on any atom is 0.444 e. The molecule has 0 aliphatic carbocycles. The lowest BCUT2D eigenvalue weighted by atomic mass is 10.4. The zero-order valence-corrected chi connectivity index (χ0v) is 13.1. The predicted octanol–water partition coefficient (Wildman–Crippen LogP) is -0.366. The predicted molar refractivity (Wildman–Crippen MR) is 73.7 cm³/mol. The van der Waals surface area contributed by atoms with Gasteiger partial charge in [-0.15, -0.1) is 12.3 Å². The average molecular weight is 324 g/mol. The first-order valence-corrected chi connectivity index (χ1v) is 9.15. The molecule has 0 spiro atoms. The molecule has 0 radical (unpaired) electrons. The van der Waals surface area contributed by atoms with Crippen LogP contribution in [0.2, 0.25) is 0 Å². The van der Waals surface area contributed by atoms with E-state index in [-0.39, 0.29) is 18.8 Å². The molecule has 2 rings (SSSR count). The molecule has 20 heavy (non-hydrogen) atoms. The number of hydrogen-bond donors (Lipinski definition) is 2. The van der Waals surface area contributed by atoms with E-state index in [1.54, 1.807) is 0 Å². The Balaban J connectivity index is 2.77. The van der Waals surface area contributed by atoms with E-state index < -0.39 is 34.4 Å². The summed E-state index contributed by atoms with van der Waals surface area (Å²) < 4.78 is 57.2. The third-order valence-electron chi connectivity index (χ3n) is 3.61. The van der Waals surface area contributed by atoms with Crippen LogP contribution < -0.4 is 5.32 Å². The second-order valence-electron chi connectivity index (χ2n) is 4.99. The lowest BCUT2D eigenvalue weighted by Crippen LogP contribution is -2.58. The number of nitrogens with zero attached hydrogens (tertiary/aromatic N) is 2. The molecule has 0 saturated carbocycles. The number of aliphatic imine (C=N–C) groups is 1. The van der Waals surface area contributed by atoms with Gasteiger partial charge in [-0.3, -0.25) is 0 Å². The first-order chi connectivity index (χ1) is 9.09. The summed E-state index contributed by atoms with van der Waals surface area (Å²) in [5.74, 6) is 0. The van der Waals surface area contributed by atoms with Gasteiger partial charge in [0.15, 0.2) is 5.70 Å². The third-order valence-corrected chi connectivity index (χ3v) is 7.32. The molecule has 114 valence electrons. The number of quaternary nitrogens is 1. The summed E-state index contributed by atoms with van der Waals surface area (Å²) in [6, 6.07) is 0. The van der Waals surface area contributed by atoms with E-state index in [1.165, 1.54) is 20.8 Å². The number of likely N-dealkylation sites (N-methyl/N-ethyl adjacent to an activating group) is 1. The van der Waals surface area contributed by atoms with Crippen molar-refractivity contribution in [1.29, 1.82) is 0 Å². The maximum absolute atomic E-state index is 12.4. The lowest BCUT2D eigenvalue weighted by molar-refractivity contribution is -0.663. The second-order valence-corrected chi connectivity index (χ2v) is 8.91. The van der Waals surface area contributed by atoms with Crippen molar-refractivity contribution in [2.45, 2.75) is 26.0 Å². The van der Waals surface area contributed by atoms with E-state index in [0.29, 0.717) is 12.2 Å². The van der Waals surface area contributed by atoms with Gasteiger partial charge in [-0.2, -0.15) is 4.99 Å². The molecule has 0 amide bonds. The average Bonchev–Trinajstić information content (AvgIpc) is 2.85. The fourth-order valence-electron chi connectivity index (χ4n) is 2.46. The Labute approximate surface area is 118 Å². The van der Waals surface area contributed by atoms with E-state index in [9.17, 15) is 21.4 Å². The molecule has 0 bridgehead atoms. The van der Waals surface area contributed by atoms with Crippen LogP contribution in [0.1, 0.15) is 20.8 Å². The van der Waals surface area contributed by atoms with Crippen molar-refractivity contribution in [2.75, 3.05) is 19.6 Å². The number of hydrogen-bond acceptors (Lipinski definition) is 6. The Morgan fingerprint density at radius 2 is 1.90 bits per heavy atom. The van der Waals surface area contributed by atoms with Gasteiger partial charge in [-0.1, -0.05) is 0 Å². The summed E-state index contributed by atoms with van der Waals surface area (Å²) in [6.07, 6.45) is 0. The van der Waals surface area contributed by atoms with E-state index in [0.717, 1.165) is 0 Å². The number of rotatable bonds is 3. The molecule has 8 nitrogen and oxygen atoms in total. The molecule has 2 aliphatic heterocycles. The van der Waals surface area contributed by atoms with Crippen molar-refractivity contribution in [3.8, 4) is 0 Å². The zero-order valence-electron chi connectivity index (χ0n) is 11.5. The first kappa shape index (κ1) is 15.6. The van der Waals surface area contributed by atoms with Crippen molar-refractivity contribution in [1.82, 2.24) is 5.32 Å². The Bertz CT molecular complexity index is 705. The van der Waals surface area contributed by atoms with E-state index >= 15 is 0 Å². The van der Waals surface area contributed by atoms with Gasteiger partial charge in [0.05, 0.1) is 11.8 Å². The van der Waals surface area contributed by atoms with Crippen LogP contribution in [-0.4, -0.2) is 55.3 Å². The standard InChI is InChI=1S/C10H17N3O5S2/c1-4-13(20(16,17)18)9-6-11-5-8(9)12-10(13)19(14,15)7(2)3/h7,11H,4-6H2,1-3H3/p+1. The monoisotopic (exact) mass is 324 g/mol. The molecule has 2 heterocycles. The minimum absolute atomic E-state index is 0.135. The minimum atomic E-state index is -4.70. The fourth-order valence-corrected chi connectivity index (χ4v) is 5.38. The summed E-state index contributed by atoms with van der Waals surface area (Å²) in [6.45, 7) is 4.75. The van der Waals surface area contributed by atoms with Crippen LogP contribution in [0.4, 0.5) is 0 Å². The summed E-state index contributed by atoms with van der Waals surface area (Å²) in [7, 11) is -8.61. The van der Waals surface area contributed by atoms with Gasteiger partial charge in [0.2, 0.25) is 0 Å².